The van der Waals surface area contributed by atoms with Gasteiger partial charge in [0.05, 0.1) is 0 Å². The van der Waals surface area contributed by atoms with Gasteiger partial charge < -0.3 is 10.2 Å². The van der Waals surface area contributed by atoms with Crippen molar-refractivity contribution >= 4 is 6.03 Å². The number of amides is 2. The third-order valence-corrected chi connectivity index (χ3v) is 4.24. The van der Waals surface area contributed by atoms with Gasteiger partial charge in [-0.25, -0.2) is 4.79 Å². The van der Waals surface area contributed by atoms with Gasteiger partial charge in [0.25, 0.3) is 0 Å². The van der Waals surface area contributed by atoms with E-state index in [0.717, 1.165) is 17.5 Å². The summed E-state index contributed by atoms with van der Waals surface area (Å²) in [6, 6.07) is 22.5. The van der Waals surface area contributed by atoms with Crippen LogP contribution in [0.2, 0.25) is 0 Å². The number of hydrogen-bond acceptors (Lipinski definition) is 2. The third-order valence-electron chi connectivity index (χ3n) is 4.24. The van der Waals surface area contributed by atoms with Gasteiger partial charge in [-0.3, -0.25) is 4.98 Å². The zero-order chi connectivity index (χ0) is 18.2. The largest absolute Gasteiger partial charge is 0.338 e. The molecular weight excluding hydrogens is 322 g/mol. The molecule has 0 fully saturated rings. The Labute approximate surface area is 154 Å². The number of aromatic nitrogens is 1. The molecular formula is C22H23N3O. The van der Waals surface area contributed by atoms with Gasteiger partial charge in [0, 0.05) is 32.5 Å². The number of pyridine rings is 1. The molecule has 3 aromatic rings. The molecule has 0 atom stereocenters. The molecule has 132 valence electrons. The highest BCUT2D eigenvalue weighted by Gasteiger charge is 2.08. The highest BCUT2D eigenvalue weighted by molar-refractivity contribution is 5.74. The van der Waals surface area contributed by atoms with Crippen LogP contribution in [-0.4, -0.2) is 29.5 Å². The second-order valence-corrected chi connectivity index (χ2v) is 6.26. The monoisotopic (exact) mass is 345 g/mol. The van der Waals surface area contributed by atoms with Crippen LogP contribution in [0.1, 0.15) is 11.1 Å². The van der Waals surface area contributed by atoms with E-state index in [9.17, 15) is 4.79 Å². The summed E-state index contributed by atoms with van der Waals surface area (Å²) >= 11 is 0. The Balaban J connectivity index is 1.49. The minimum atomic E-state index is -0.0685. The number of urea groups is 1. The average Bonchev–Trinajstić information content (AvgIpc) is 2.70. The topological polar surface area (TPSA) is 45.2 Å². The van der Waals surface area contributed by atoms with Crippen molar-refractivity contribution in [2.75, 3.05) is 13.6 Å². The van der Waals surface area contributed by atoms with E-state index in [-0.39, 0.29) is 6.03 Å². The number of hydrogen-bond donors (Lipinski definition) is 1. The maximum atomic E-state index is 12.2. The van der Waals surface area contributed by atoms with E-state index < -0.39 is 0 Å². The lowest BCUT2D eigenvalue weighted by molar-refractivity contribution is 0.207. The molecule has 4 heteroatoms. The number of benzene rings is 2. The summed E-state index contributed by atoms with van der Waals surface area (Å²) in [4.78, 5) is 18.0. The maximum Gasteiger partial charge on any atom is 0.317 e. The Kier molecular flexibility index (Phi) is 5.99. The van der Waals surface area contributed by atoms with Crippen molar-refractivity contribution in [3.8, 4) is 11.1 Å². The number of nitrogens with zero attached hydrogens (tertiary/aromatic N) is 2. The zero-order valence-corrected chi connectivity index (χ0v) is 14.9. The first-order chi connectivity index (χ1) is 12.7. The first kappa shape index (κ1) is 17.7. The smallest absolute Gasteiger partial charge is 0.317 e. The molecule has 0 unspecified atom stereocenters. The lowest BCUT2D eigenvalue weighted by atomic mass is 10.0. The van der Waals surface area contributed by atoms with Gasteiger partial charge in [-0.1, -0.05) is 60.7 Å². The molecule has 4 nitrogen and oxygen atoms in total. The van der Waals surface area contributed by atoms with Gasteiger partial charge in [-0.05, 0) is 34.7 Å². The number of nitrogens with one attached hydrogen (secondary N) is 1. The normalized spacial score (nSPS) is 10.3. The molecule has 0 bridgehead atoms. The fraction of sp³-hybridized carbons (Fsp3) is 0.182. The van der Waals surface area contributed by atoms with Crippen LogP contribution in [0.4, 0.5) is 4.79 Å². The molecule has 3 rings (SSSR count). The summed E-state index contributed by atoms with van der Waals surface area (Å²) in [6.45, 7) is 1.18. The molecule has 2 amide bonds. The molecule has 0 aliphatic carbocycles. The van der Waals surface area contributed by atoms with E-state index in [4.69, 9.17) is 0 Å². The Morgan fingerprint density at radius 2 is 1.65 bits per heavy atom. The van der Waals surface area contributed by atoms with E-state index in [1.165, 1.54) is 11.1 Å². The van der Waals surface area contributed by atoms with Crippen molar-refractivity contribution < 1.29 is 4.79 Å². The van der Waals surface area contributed by atoms with Crippen LogP contribution < -0.4 is 5.32 Å². The molecule has 0 saturated heterocycles. The summed E-state index contributed by atoms with van der Waals surface area (Å²) in [5.41, 5.74) is 4.60. The molecule has 0 radical (unpaired) electrons. The molecule has 0 saturated carbocycles. The summed E-state index contributed by atoms with van der Waals surface area (Å²) in [7, 11) is 1.81. The molecule has 1 N–H and O–H groups in total. The van der Waals surface area contributed by atoms with E-state index in [2.05, 4.69) is 46.7 Å². The van der Waals surface area contributed by atoms with Crippen LogP contribution in [0.3, 0.4) is 0 Å². The Hall–Kier alpha value is -3.14. The van der Waals surface area contributed by atoms with Crippen molar-refractivity contribution in [2.24, 2.45) is 0 Å². The molecule has 0 aliphatic rings. The van der Waals surface area contributed by atoms with Crippen molar-refractivity contribution in [1.82, 2.24) is 15.2 Å². The highest BCUT2D eigenvalue weighted by Crippen LogP contribution is 2.19. The first-order valence-corrected chi connectivity index (χ1v) is 8.74. The van der Waals surface area contributed by atoms with Gasteiger partial charge in [0.1, 0.15) is 0 Å². The van der Waals surface area contributed by atoms with Crippen LogP contribution in [0.15, 0.2) is 79.1 Å². The molecule has 0 spiro atoms. The summed E-state index contributed by atoms with van der Waals surface area (Å²) in [6.07, 6.45) is 4.35. The van der Waals surface area contributed by atoms with Crippen LogP contribution >= 0.6 is 0 Å². The van der Waals surface area contributed by atoms with Crippen LogP contribution in [-0.2, 0) is 13.0 Å². The van der Waals surface area contributed by atoms with Gasteiger partial charge in [0.2, 0.25) is 0 Å². The van der Waals surface area contributed by atoms with Gasteiger partial charge in [-0.15, -0.1) is 0 Å². The molecule has 1 heterocycles. The summed E-state index contributed by atoms with van der Waals surface area (Å²) < 4.78 is 0. The van der Waals surface area contributed by atoms with Crippen molar-refractivity contribution in [2.45, 2.75) is 13.0 Å². The average molecular weight is 345 g/mol. The Morgan fingerprint density at radius 3 is 2.35 bits per heavy atom. The Bertz CT molecular complexity index is 817. The zero-order valence-electron chi connectivity index (χ0n) is 14.9. The maximum absolute atomic E-state index is 12.2. The fourth-order valence-electron chi connectivity index (χ4n) is 2.77. The van der Waals surface area contributed by atoms with Crippen LogP contribution in [0, 0.1) is 0 Å². The quantitative estimate of drug-likeness (QED) is 0.730. The predicted molar refractivity (Wildman–Crippen MR) is 105 cm³/mol. The SMILES string of the molecule is CN(Cc1ccc(-c2ccccc2)cc1)C(=O)NCCc1cccnc1. The van der Waals surface area contributed by atoms with Crippen molar-refractivity contribution in [1.29, 1.82) is 0 Å². The van der Waals surface area contributed by atoms with E-state index in [0.29, 0.717) is 13.1 Å². The van der Waals surface area contributed by atoms with Crippen LogP contribution in [0.5, 0.6) is 0 Å². The van der Waals surface area contributed by atoms with E-state index in [1.54, 1.807) is 11.1 Å². The first-order valence-electron chi connectivity index (χ1n) is 8.74. The second kappa shape index (κ2) is 8.81. The van der Waals surface area contributed by atoms with E-state index >= 15 is 0 Å². The molecule has 2 aromatic carbocycles. The third kappa shape index (κ3) is 4.93. The van der Waals surface area contributed by atoms with Gasteiger partial charge >= 0.3 is 6.03 Å². The minimum Gasteiger partial charge on any atom is -0.338 e. The van der Waals surface area contributed by atoms with Gasteiger partial charge in [0.15, 0.2) is 0 Å². The number of carbonyl (C=O) groups is 1. The molecule has 1 aromatic heterocycles. The highest BCUT2D eigenvalue weighted by atomic mass is 16.2. The van der Waals surface area contributed by atoms with Crippen LogP contribution in [0.25, 0.3) is 11.1 Å². The lowest BCUT2D eigenvalue weighted by Gasteiger charge is -2.18. The van der Waals surface area contributed by atoms with E-state index in [1.807, 2.05) is 43.6 Å². The minimum absolute atomic E-state index is 0.0685. The summed E-state index contributed by atoms with van der Waals surface area (Å²) in [5, 5.41) is 2.95. The molecule has 0 aliphatic heterocycles. The Morgan fingerprint density at radius 1 is 0.923 bits per heavy atom. The second-order valence-electron chi connectivity index (χ2n) is 6.26. The number of rotatable bonds is 6. The van der Waals surface area contributed by atoms with Crippen molar-refractivity contribution in [3.63, 3.8) is 0 Å². The predicted octanol–water partition coefficient (Wildman–Crippen LogP) is 4.13. The van der Waals surface area contributed by atoms with Gasteiger partial charge in [-0.2, -0.15) is 0 Å². The van der Waals surface area contributed by atoms with Crippen molar-refractivity contribution in [3.05, 3.63) is 90.3 Å². The standard InChI is InChI=1S/C22H23N3O/c1-25(22(26)24-15-13-18-6-5-14-23-16-18)17-19-9-11-21(12-10-19)20-7-3-2-4-8-20/h2-12,14,16H,13,15,17H2,1H3,(H,24,26). The lowest BCUT2D eigenvalue weighted by Crippen LogP contribution is -2.37. The number of carbonyl (C=O) groups excluding carboxylic acids is 1. The fourth-order valence-corrected chi connectivity index (χ4v) is 2.77. The molecule has 26 heavy (non-hydrogen) atoms. The summed E-state index contributed by atoms with van der Waals surface area (Å²) in [5.74, 6) is 0.